The average Bonchev–Trinajstić information content (AvgIpc) is 2.91. The van der Waals surface area contributed by atoms with Crippen LogP contribution in [0.5, 0.6) is 0 Å². The third-order valence-electron chi connectivity index (χ3n) is 3.56. The first-order valence-corrected chi connectivity index (χ1v) is 7.73. The molecule has 4 nitrogen and oxygen atoms in total. The molecule has 1 atom stereocenters. The van der Waals surface area contributed by atoms with Crippen LogP contribution in [-0.4, -0.2) is 23.9 Å². The zero-order chi connectivity index (χ0) is 14.5. The lowest BCUT2D eigenvalue weighted by Gasteiger charge is -2.18. The lowest BCUT2D eigenvalue weighted by Crippen LogP contribution is -2.47. The predicted octanol–water partition coefficient (Wildman–Crippen LogP) is 2.63. The quantitative estimate of drug-likeness (QED) is 0.886. The van der Waals surface area contributed by atoms with Crippen molar-refractivity contribution < 1.29 is 9.59 Å². The molecule has 2 amide bonds. The summed E-state index contributed by atoms with van der Waals surface area (Å²) in [5.41, 5.74) is 0.535. The summed E-state index contributed by atoms with van der Waals surface area (Å²) in [5, 5.41) is 5.71. The van der Waals surface area contributed by atoms with E-state index in [4.69, 9.17) is 0 Å². The van der Waals surface area contributed by atoms with Crippen LogP contribution < -0.4 is 10.6 Å². The molecule has 108 valence electrons. The Kier molecular flexibility index (Phi) is 5.17. The molecule has 20 heavy (non-hydrogen) atoms. The second-order valence-corrected chi connectivity index (χ2v) is 6.02. The summed E-state index contributed by atoms with van der Waals surface area (Å²) >= 11 is 3.33. The highest BCUT2D eigenvalue weighted by Gasteiger charge is 2.22. The zero-order valence-electron chi connectivity index (χ0n) is 11.5. The second kappa shape index (κ2) is 6.88. The van der Waals surface area contributed by atoms with Crippen LogP contribution in [0.4, 0.5) is 0 Å². The second-order valence-electron chi connectivity index (χ2n) is 5.16. The normalized spacial score (nSPS) is 16.7. The molecule has 0 aromatic heterocycles. The van der Waals surface area contributed by atoms with Gasteiger partial charge in [0.25, 0.3) is 5.91 Å². The minimum absolute atomic E-state index is 0.114. The van der Waals surface area contributed by atoms with Gasteiger partial charge < -0.3 is 10.6 Å². The van der Waals surface area contributed by atoms with Crippen molar-refractivity contribution in [3.8, 4) is 0 Å². The Morgan fingerprint density at radius 1 is 1.25 bits per heavy atom. The Labute approximate surface area is 127 Å². The van der Waals surface area contributed by atoms with E-state index in [0.717, 1.165) is 17.3 Å². The van der Waals surface area contributed by atoms with E-state index in [1.165, 1.54) is 12.8 Å². The topological polar surface area (TPSA) is 58.2 Å². The molecule has 0 saturated heterocycles. The lowest BCUT2D eigenvalue weighted by molar-refractivity contribution is -0.123. The predicted molar refractivity (Wildman–Crippen MR) is 81.5 cm³/mol. The summed E-state index contributed by atoms with van der Waals surface area (Å²) < 4.78 is 0.723. The van der Waals surface area contributed by atoms with E-state index < -0.39 is 6.04 Å². The molecular weight excluding hydrogens is 320 g/mol. The molecule has 1 saturated carbocycles. The molecule has 5 heteroatoms. The van der Waals surface area contributed by atoms with Crippen LogP contribution in [0.3, 0.4) is 0 Å². The smallest absolute Gasteiger partial charge is 0.253 e. The van der Waals surface area contributed by atoms with Crippen molar-refractivity contribution in [2.45, 2.75) is 44.7 Å². The van der Waals surface area contributed by atoms with E-state index in [2.05, 4.69) is 26.6 Å². The number of amides is 2. The van der Waals surface area contributed by atoms with Crippen LogP contribution in [0.25, 0.3) is 0 Å². The highest BCUT2D eigenvalue weighted by atomic mass is 79.9. The first kappa shape index (κ1) is 15.0. The maximum absolute atomic E-state index is 12.1. The minimum atomic E-state index is -0.532. The number of carbonyl (C=O) groups excluding carboxylic acids is 2. The molecule has 1 aliphatic carbocycles. The summed E-state index contributed by atoms with van der Waals surface area (Å²) in [6.45, 7) is 1.71. The maximum atomic E-state index is 12.1. The molecule has 1 aliphatic rings. The Morgan fingerprint density at radius 3 is 2.55 bits per heavy atom. The lowest BCUT2D eigenvalue weighted by atomic mass is 10.2. The first-order valence-electron chi connectivity index (χ1n) is 6.93. The third kappa shape index (κ3) is 3.82. The van der Waals surface area contributed by atoms with Gasteiger partial charge in [0.1, 0.15) is 6.04 Å². The van der Waals surface area contributed by atoms with E-state index in [1.807, 2.05) is 6.07 Å². The standard InChI is InChI=1S/C15H19BrN2O2/c1-10(14(19)18-11-6-2-3-7-11)17-15(20)12-8-4-5-9-13(12)16/h4-5,8-11H,2-3,6-7H2,1H3,(H,17,20)(H,18,19). The molecular formula is C15H19BrN2O2. The molecule has 1 fully saturated rings. The molecule has 0 bridgehead atoms. The summed E-state index contributed by atoms with van der Waals surface area (Å²) in [6, 6.07) is 6.90. The van der Waals surface area contributed by atoms with Gasteiger partial charge in [-0.2, -0.15) is 0 Å². The van der Waals surface area contributed by atoms with Crippen molar-refractivity contribution >= 4 is 27.7 Å². The van der Waals surface area contributed by atoms with Gasteiger partial charge in [-0.15, -0.1) is 0 Å². The largest absolute Gasteiger partial charge is 0.352 e. The van der Waals surface area contributed by atoms with Gasteiger partial charge in [0.15, 0.2) is 0 Å². The van der Waals surface area contributed by atoms with Crippen molar-refractivity contribution in [2.75, 3.05) is 0 Å². The van der Waals surface area contributed by atoms with Crippen LogP contribution in [0.2, 0.25) is 0 Å². The summed E-state index contributed by atoms with van der Waals surface area (Å²) in [6.07, 6.45) is 4.42. The molecule has 0 radical (unpaired) electrons. The van der Waals surface area contributed by atoms with Crippen molar-refractivity contribution in [2.24, 2.45) is 0 Å². The Morgan fingerprint density at radius 2 is 1.90 bits per heavy atom. The highest BCUT2D eigenvalue weighted by molar-refractivity contribution is 9.10. The van der Waals surface area contributed by atoms with Crippen molar-refractivity contribution in [3.63, 3.8) is 0 Å². The van der Waals surface area contributed by atoms with Crippen molar-refractivity contribution in [1.29, 1.82) is 0 Å². The Hall–Kier alpha value is -1.36. The Bertz CT molecular complexity index is 498. The molecule has 1 aromatic carbocycles. The SMILES string of the molecule is CC(NC(=O)c1ccccc1Br)C(=O)NC1CCCC1. The monoisotopic (exact) mass is 338 g/mol. The van der Waals surface area contributed by atoms with Gasteiger partial charge in [-0.25, -0.2) is 0 Å². The molecule has 2 rings (SSSR count). The molecule has 2 N–H and O–H groups in total. The van der Waals surface area contributed by atoms with Gasteiger partial charge in [0.2, 0.25) is 5.91 Å². The average molecular weight is 339 g/mol. The van der Waals surface area contributed by atoms with E-state index >= 15 is 0 Å². The van der Waals surface area contributed by atoms with Crippen LogP contribution in [-0.2, 0) is 4.79 Å². The van der Waals surface area contributed by atoms with Crippen molar-refractivity contribution in [1.82, 2.24) is 10.6 Å². The molecule has 1 aromatic rings. The van der Waals surface area contributed by atoms with Gasteiger partial charge >= 0.3 is 0 Å². The van der Waals surface area contributed by atoms with E-state index in [1.54, 1.807) is 25.1 Å². The van der Waals surface area contributed by atoms with Gasteiger partial charge in [0.05, 0.1) is 5.56 Å². The molecule has 0 aliphatic heterocycles. The van der Waals surface area contributed by atoms with Crippen LogP contribution in [0.15, 0.2) is 28.7 Å². The summed E-state index contributed by atoms with van der Waals surface area (Å²) in [7, 11) is 0. The zero-order valence-corrected chi connectivity index (χ0v) is 13.1. The number of hydrogen-bond acceptors (Lipinski definition) is 2. The van der Waals surface area contributed by atoms with Crippen LogP contribution in [0, 0.1) is 0 Å². The summed E-state index contributed by atoms with van der Waals surface area (Å²) in [4.78, 5) is 24.1. The fraction of sp³-hybridized carbons (Fsp3) is 0.467. The maximum Gasteiger partial charge on any atom is 0.253 e. The third-order valence-corrected chi connectivity index (χ3v) is 4.25. The number of halogens is 1. The van der Waals surface area contributed by atoms with E-state index in [9.17, 15) is 9.59 Å². The number of carbonyl (C=O) groups is 2. The van der Waals surface area contributed by atoms with Crippen LogP contribution in [0.1, 0.15) is 43.0 Å². The van der Waals surface area contributed by atoms with Gasteiger partial charge in [-0.05, 0) is 47.8 Å². The van der Waals surface area contributed by atoms with E-state index in [-0.39, 0.29) is 17.9 Å². The van der Waals surface area contributed by atoms with Crippen molar-refractivity contribution in [3.05, 3.63) is 34.3 Å². The fourth-order valence-corrected chi connectivity index (χ4v) is 2.85. The van der Waals surface area contributed by atoms with Gasteiger partial charge in [-0.1, -0.05) is 25.0 Å². The number of rotatable bonds is 4. The number of nitrogens with one attached hydrogen (secondary N) is 2. The Balaban J connectivity index is 1.90. The molecule has 1 unspecified atom stereocenters. The molecule has 0 spiro atoms. The summed E-state index contributed by atoms with van der Waals surface area (Å²) in [5.74, 6) is -0.358. The first-order chi connectivity index (χ1) is 9.58. The number of benzene rings is 1. The fourth-order valence-electron chi connectivity index (χ4n) is 2.38. The van der Waals surface area contributed by atoms with Gasteiger partial charge in [-0.3, -0.25) is 9.59 Å². The number of hydrogen-bond donors (Lipinski definition) is 2. The van der Waals surface area contributed by atoms with E-state index in [0.29, 0.717) is 5.56 Å². The van der Waals surface area contributed by atoms with Gasteiger partial charge in [0, 0.05) is 10.5 Å². The molecule has 0 heterocycles. The van der Waals surface area contributed by atoms with Crippen LogP contribution >= 0.6 is 15.9 Å². The minimum Gasteiger partial charge on any atom is -0.352 e. The highest BCUT2D eigenvalue weighted by Crippen LogP contribution is 2.18.